The summed E-state index contributed by atoms with van der Waals surface area (Å²) in [4.78, 5) is 24.3. The van der Waals surface area contributed by atoms with Gasteiger partial charge in [-0.15, -0.1) is 0 Å². The Labute approximate surface area is 98.5 Å². The van der Waals surface area contributed by atoms with Gasteiger partial charge >= 0.3 is 11.7 Å². The topological polar surface area (TPSA) is 111 Å². The minimum Gasteiger partial charge on any atom is -0.478 e. The fourth-order valence-electron chi connectivity index (χ4n) is 1.30. The quantitative estimate of drug-likeness (QED) is 0.644. The second-order valence-corrected chi connectivity index (χ2v) is 3.23. The zero-order chi connectivity index (χ0) is 13.3. The first-order chi connectivity index (χ1) is 8.49. The lowest BCUT2D eigenvalue weighted by molar-refractivity contribution is -0.384. The van der Waals surface area contributed by atoms with Gasteiger partial charge < -0.3 is 5.11 Å². The number of carbonyl (C=O) groups is 1. The van der Waals surface area contributed by atoms with Crippen molar-refractivity contribution in [2.24, 2.45) is 0 Å². The fraction of sp³-hybridized carbons (Fsp3) is 0. The number of nitrogens with zero attached hydrogens (tertiary/aromatic N) is 4. The zero-order valence-electron chi connectivity index (χ0n) is 8.65. The Hall–Kier alpha value is -2.84. The van der Waals surface area contributed by atoms with Gasteiger partial charge in [0.15, 0.2) is 5.82 Å². The highest BCUT2D eigenvalue weighted by atomic mass is 19.1. The molecule has 2 heterocycles. The number of carboxylic acid groups (broad SMARTS) is 1. The third kappa shape index (κ3) is 2.00. The van der Waals surface area contributed by atoms with Crippen LogP contribution in [-0.2, 0) is 0 Å². The molecule has 0 amide bonds. The number of hydrogen-bond acceptors (Lipinski definition) is 5. The maximum absolute atomic E-state index is 12.9. The summed E-state index contributed by atoms with van der Waals surface area (Å²) < 4.78 is 13.8. The van der Waals surface area contributed by atoms with Crippen LogP contribution < -0.4 is 0 Å². The Morgan fingerprint density at radius 2 is 2.22 bits per heavy atom. The summed E-state index contributed by atoms with van der Waals surface area (Å²) in [5, 5.41) is 23.0. The predicted molar refractivity (Wildman–Crippen MR) is 54.9 cm³/mol. The minimum absolute atomic E-state index is 0.197. The van der Waals surface area contributed by atoms with Gasteiger partial charge in [0.25, 0.3) is 0 Å². The molecule has 0 atom stereocenters. The Morgan fingerprint density at radius 3 is 2.78 bits per heavy atom. The zero-order valence-corrected chi connectivity index (χ0v) is 8.65. The van der Waals surface area contributed by atoms with E-state index in [1.54, 1.807) is 0 Å². The summed E-state index contributed by atoms with van der Waals surface area (Å²) >= 11 is 0. The summed E-state index contributed by atoms with van der Waals surface area (Å²) in [5.41, 5.74) is -0.759. The second kappa shape index (κ2) is 4.20. The number of nitro groups is 1. The molecule has 0 aliphatic carbocycles. The largest absolute Gasteiger partial charge is 0.478 e. The number of pyridine rings is 1. The van der Waals surface area contributed by atoms with Crippen molar-refractivity contribution in [1.29, 1.82) is 0 Å². The number of aromatic nitrogens is 3. The molecule has 8 nitrogen and oxygen atoms in total. The SMILES string of the molecule is O=C(O)c1cc(F)cnc1-n1cc([N+](=O)[O-])cn1. The molecular formula is C9H5FN4O4. The highest BCUT2D eigenvalue weighted by molar-refractivity contribution is 5.91. The van der Waals surface area contributed by atoms with E-state index in [0.29, 0.717) is 0 Å². The molecule has 0 aliphatic rings. The summed E-state index contributed by atoms with van der Waals surface area (Å²) in [6, 6.07) is 0.762. The van der Waals surface area contributed by atoms with Crippen LogP contribution in [0.3, 0.4) is 0 Å². The van der Waals surface area contributed by atoms with Crippen LogP contribution in [0.1, 0.15) is 10.4 Å². The lowest BCUT2D eigenvalue weighted by Gasteiger charge is -2.03. The van der Waals surface area contributed by atoms with Gasteiger partial charge in [0.1, 0.15) is 23.8 Å². The van der Waals surface area contributed by atoms with E-state index in [0.717, 1.165) is 29.3 Å². The highest BCUT2D eigenvalue weighted by Crippen LogP contribution is 2.16. The molecule has 0 bridgehead atoms. The standard InChI is InChI=1S/C9H5FN4O4/c10-5-1-7(9(15)16)8(11-2-5)13-4-6(3-12-13)14(17)18/h1-4H,(H,15,16). The third-order valence-corrected chi connectivity index (χ3v) is 2.06. The number of hydrogen-bond donors (Lipinski definition) is 1. The van der Waals surface area contributed by atoms with Crippen molar-refractivity contribution in [3.63, 3.8) is 0 Å². The summed E-state index contributed by atoms with van der Waals surface area (Å²) in [6.45, 7) is 0. The van der Waals surface area contributed by atoms with Gasteiger partial charge in [-0.2, -0.15) is 5.10 Å². The average molecular weight is 252 g/mol. The van der Waals surface area contributed by atoms with E-state index in [9.17, 15) is 19.3 Å². The Balaban J connectivity index is 2.55. The molecule has 0 unspecified atom stereocenters. The Kier molecular flexibility index (Phi) is 2.72. The van der Waals surface area contributed by atoms with Crippen LogP contribution in [0.15, 0.2) is 24.7 Å². The van der Waals surface area contributed by atoms with Gasteiger partial charge in [0.05, 0.1) is 11.1 Å². The molecular weight excluding hydrogens is 247 g/mol. The molecule has 2 aromatic rings. The van der Waals surface area contributed by atoms with Crippen molar-refractivity contribution in [1.82, 2.24) is 14.8 Å². The van der Waals surface area contributed by atoms with Crippen LogP contribution in [0.5, 0.6) is 0 Å². The minimum atomic E-state index is -1.41. The molecule has 0 saturated carbocycles. The fourth-order valence-corrected chi connectivity index (χ4v) is 1.30. The average Bonchev–Trinajstić information content (AvgIpc) is 2.78. The molecule has 0 saturated heterocycles. The Bertz CT molecular complexity index is 639. The molecule has 0 fully saturated rings. The van der Waals surface area contributed by atoms with Crippen LogP contribution in [-0.4, -0.2) is 30.8 Å². The van der Waals surface area contributed by atoms with Gasteiger partial charge in [-0.25, -0.2) is 18.9 Å². The van der Waals surface area contributed by atoms with E-state index < -0.39 is 22.3 Å². The molecule has 18 heavy (non-hydrogen) atoms. The van der Waals surface area contributed by atoms with Crippen molar-refractivity contribution in [2.75, 3.05) is 0 Å². The maximum atomic E-state index is 12.9. The van der Waals surface area contributed by atoms with E-state index >= 15 is 0 Å². The number of halogens is 1. The van der Waals surface area contributed by atoms with Crippen LogP contribution in [0.2, 0.25) is 0 Å². The number of aromatic carboxylic acids is 1. The monoisotopic (exact) mass is 252 g/mol. The summed E-state index contributed by atoms with van der Waals surface area (Å²) in [6.07, 6.45) is 2.73. The molecule has 9 heteroatoms. The van der Waals surface area contributed by atoms with Crippen LogP contribution in [0.4, 0.5) is 10.1 Å². The lowest BCUT2D eigenvalue weighted by Crippen LogP contribution is -2.08. The van der Waals surface area contributed by atoms with Crippen molar-refractivity contribution in [3.8, 4) is 5.82 Å². The van der Waals surface area contributed by atoms with Gasteiger partial charge in [0, 0.05) is 0 Å². The normalized spacial score (nSPS) is 10.3. The van der Waals surface area contributed by atoms with Gasteiger partial charge in [0.2, 0.25) is 0 Å². The first-order valence-electron chi connectivity index (χ1n) is 4.57. The molecule has 0 radical (unpaired) electrons. The van der Waals surface area contributed by atoms with E-state index in [1.165, 1.54) is 0 Å². The molecule has 0 aromatic carbocycles. The van der Waals surface area contributed by atoms with Crippen LogP contribution in [0.25, 0.3) is 5.82 Å². The van der Waals surface area contributed by atoms with E-state index in [4.69, 9.17) is 5.11 Å². The van der Waals surface area contributed by atoms with Gasteiger partial charge in [-0.1, -0.05) is 0 Å². The first-order valence-corrected chi connectivity index (χ1v) is 4.57. The summed E-state index contributed by atoms with van der Waals surface area (Å²) in [7, 11) is 0. The Morgan fingerprint density at radius 1 is 1.50 bits per heavy atom. The van der Waals surface area contributed by atoms with Crippen LogP contribution >= 0.6 is 0 Å². The predicted octanol–water partition coefficient (Wildman–Crippen LogP) is 1.01. The van der Waals surface area contributed by atoms with Crippen molar-refractivity contribution in [3.05, 3.63) is 46.2 Å². The first kappa shape index (κ1) is 11.6. The summed E-state index contributed by atoms with van der Waals surface area (Å²) in [5.74, 6) is -2.43. The maximum Gasteiger partial charge on any atom is 0.339 e. The van der Waals surface area contributed by atoms with Gasteiger partial charge in [-0.05, 0) is 6.07 Å². The lowest BCUT2D eigenvalue weighted by atomic mass is 10.2. The van der Waals surface area contributed by atoms with Crippen molar-refractivity contribution < 1.29 is 19.2 Å². The second-order valence-electron chi connectivity index (χ2n) is 3.23. The molecule has 0 aliphatic heterocycles. The number of rotatable bonds is 3. The van der Waals surface area contributed by atoms with Crippen molar-refractivity contribution >= 4 is 11.7 Å². The van der Waals surface area contributed by atoms with Gasteiger partial charge in [-0.3, -0.25) is 10.1 Å². The van der Waals surface area contributed by atoms with E-state index in [2.05, 4.69) is 10.1 Å². The van der Waals surface area contributed by atoms with E-state index in [1.807, 2.05) is 0 Å². The molecule has 92 valence electrons. The van der Waals surface area contributed by atoms with Crippen molar-refractivity contribution in [2.45, 2.75) is 0 Å². The smallest absolute Gasteiger partial charge is 0.339 e. The molecule has 2 rings (SSSR count). The third-order valence-electron chi connectivity index (χ3n) is 2.06. The molecule has 0 spiro atoms. The number of carboxylic acids is 1. The molecule has 1 N–H and O–H groups in total. The van der Waals surface area contributed by atoms with E-state index in [-0.39, 0.29) is 11.5 Å². The highest BCUT2D eigenvalue weighted by Gasteiger charge is 2.17. The van der Waals surface area contributed by atoms with Crippen LogP contribution in [0, 0.1) is 15.9 Å². The molecule has 2 aromatic heterocycles.